The number of phenols is 1. The number of nitriles is 1. The molecule has 162 valence electrons. The number of amides is 1. The lowest BCUT2D eigenvalue weighted by Crippen LogP contribution is -2.31. The Hall–Kier alpha value is -3.84. The van der Waals surface area contributed by atoms with Crippen molar-refractivity contribution in [2.24, 2.45) is 0 Å². The summed E-state index contributed by atoms with van der Waals surface area (Å²) in [7, 11) is 2.42. The van der Waals surface area contributed by atoms with Gasteiger partial charge < -0.3 is 19.8 Å². The molecule has 1 amide bonds. The summed E-state index contributed by atoms with van der Waals surface area (Å²) >= 11 is 5.89. The molecule has 31 heavy (non-hydrogen) atoms. The normalized spacial score (nSPS) is 12.4. The van der Waals surface area contributed by atoms with Crippen LogP contribution >= 0.6 is 11.6 Å². The maximum Gasteiger partial charge on any atom is 0.315 e. The molecule has 0 radical (unpaired) electrons. The first-order chi connectivity index (χ1) is 14.5. The van der Waals surface area contributed by atoms with Crippen LogP contribution in [-0.4, -0.2) is 40.1 Å². The maximum absolute atomic E-state index is 14.2. The quantitative estimate of drug-likeness (QED) is 0.222. The molecular formula is C20H17ClFN3O6. The van der Waals surface area contributed by atoms with Crippen molar-refractivity contribution in [3.8, 4) is 17.6 Å². The molecule has 2 rings (SSSR count). The van der Waals surface area contributed by atoms with E-state index in [-0.39, 0.29) is 21.9 Å². The van der Waals surface area contributed by atoms with E-state index in [4.69, 9.17) is 16.3 Å². The Balaban J connectivity index is 2.54. The van der Waals surface area contributed by atoms with E-state index in [0.29, 0.717) is 0 Å². The molecule has 0 aliphatic heterocycles. The smallest absolute Gasteiger partial charge is 0.315 e. The summed E-state index contributed by atoms with van der Waals surface area (Å²) in [5.41, 5.74) is -1.77. The van der Waals surface area contributed by atoms with E-state index >= 15 is 0 Å². The van der Waals surface area contributed by atoms with Crippen LogP contribution in [-0.2, 0) is 4.79 Å². The minimum atomic E-state index is -0.971. The van der Waals surface area contributed by atoms with Gasteiger partial charge in [-0.05, 0) is 31.2 Å². The Labute approximate surface area is 181 Å². The molecule has 2 aromatic carbocycles. The summed E-state index contributed by atoms with van der Waals surface area (Å²) < 4.78 is 19.0. The van der Waals surface area contributed by atoms with Gasteiger partial charge >= 0.3 is 5.69 Å². The highest BCUT2D eigenvalue weighted by Gasteiger charge is 2.28. The van der Waals surface area contributed by atoms with E-state index in [9.17, 15) is 34.8 Å². The zero-order valence-electron chi connectivity index (χ0n) is 16.6. The summed E-state index contributed by atoms with van der Waals surface area (Å²) in [5, 5.41) is 41.2. The number of carbonyl (C=O) groups excluding carboxylic acids is 1. The SMILES string of the molecule is COc1cc(/C(O)=C(\C#N)C(=O)N(C)[C@@H](C)c2cc(Cl)ccc2F)cc([N+](=O)[O-])c1O. The van der Waals surface area contributed by atoms with Crippen LogP contribution in [0.4, 0.5) is 10.1 Å². The summed E-state index contributed by atoms with van der Waals surface area (Å²) in [6, 6.07) is 6.31. The summed E-state index contributed by atoms with van der Waals surface area (Å²) in [4.78, 5) is 24.1. The first kappa shape index (κ1) is 23.4. The first-order valence-corrected chi connectivity index (χ1v) is 9.02. The van der Waals surface area contributed by atoms with Crippen LogP contribution in [0.2, 0.25) is 5.02 Å². The Bertz CT molecular complexity index is 1130. The number of nitro groups is 1. The lowest BCUT2D eigenvalue weighted by Gasteiger charge is -2.25. The number of aromatic hydroxyl groups is 1. The fourth-order valence-corrected chi connectivity index (χ4v) is 2.95. The third kappa shape index (κ3) is 4.67. The minimum absolute atomic E-state index is 0.0853. The lowest BCUT2D eigenvalue weighted by atomic mass is 10.0. The lowest BCUT2D eigenvalue weighted by molar-refractivity contribution is -0.386. The largest absolute Gasteiger partial charge is 0.506 e. The molecule has 0 unspecified atom stereocenters. The molecule has 9 nitrogen and oxygen atoms in total. The third-order valence-electron chi connectivity index (χ3n) is 4.62. The van der Waals surface area contributed by atoms with E-state index in [0.717, 1.165) is 30.2 Å². The fourth-order valence-electron chi connectivity index (χ4n) is 2.77. The Morgan fingerprint density at radius 3 is 2.58 bits per heavy atom. The molecule has 11 heteroatoms. The molecule has 0 heterocycles. The molecule has 0 aliphatic rings. The minimum Gasteiger partial charge on any atom is -0.506 e. The number of carbonyl (C=O) groups is 1. The van der Waals surface area contributed by atoms with Crippen LogP contribution in [0.3, 0.4) is 0 Å². The number of nitro benzene ring substituents is 1. The van der Waals surface area contributed by atoms with Crippen molar-refractivity contribution < 1.29 is 29.1 Å². The van der Waals surface area contributed by atoms with Crippen LogP contribution in [0.15, 0.2) is 35.9 Å². The van der Waals surface area contributed by atoms with Crippen LogP contribution < -0.4 is 4.74 Å². The van der Waals surface area contributed by atoms with Crippen LogP contribution in [0.25, 0.3) is 5.76 Å². The molecule has 2 aromatic rings. The Morgan fingerprint density at radius 1 is 1.39 bits per heavy atom. The van der Waals surface area contributed by atoms with E-state index in [1.807, 2.05) is 0 Å². The number of likely N-dealkylation sites (N-methyl/N-ethyl adjacent to an activating group) is 1. The molecule has 0 bridgehead atoms. The van der Waals surface area contributed by atoms with E-state index in [1.54, 1.807) is 6.07 Å². The number of phenolic OH excluding ortho intramolecular Hbond substituents is 1. The van der Waals surface area contributed by atoms with Gasteiger partial charge in [0, 0.05) is 29.3 Å². The Kier molecular flexibility index (Phi) is 7.04. The van der Waals surface area contributed by atoms with Gasteiger partial charge in [-0.3, -0.25) is 14.9 Å². The topological polar surface area (TPSA) is 137 Å². The van der Waals surface area contributed by atoms with Crippen LogP contribution in [0.1, 0.15) is 24.1 Å². The molecule has 0 saturated heterocycles. The van der Waals surface area contributed by atoms with Crippen LogP contribution in [0, 0.1) is 27.3 Å². The number of nitrogens with zero attached hydrogens (tertiary/aromatic N) is 3. The number of aliphatic hydroxyl groups is 1. The molecule has 0 fully saturated rings. The zero-order valence-corrected chi connectivity index (χ0v) is 17.3. The highest BCUT2D eigenvalue weighted by molar-refractivity contribution is 6.30. The Morgan fingerprint density at radius 2 is 2.03 bits per heavy atom. The highest BCUT2D eigenvalue weighted by Crippen LogP contribution is 2.39. The van der Waals surface area contributed by atoms with Crippen molar-refractivity contribution in [1.82, 2.24) is 4.90 Å². The number of benzene rings is 2. The number of methoxy groups -OCH3 is 1. The second-order valence-corrected chi connectivity index (χ2v) is 6.83. The molecular weight excluding hydrogens is 433 g/mol. The molecule has 0 spiro atoms. The van der Waals surface area contributed by atoms with Crippen molar-refractivity contribution in [3.05, 3.63) is 68.0 Å². The van der Waals surface area contributed by atoms with Gasteiger partial charge in [0.15, 0.2) is 11.3 Å². The molecule has 0 aromatic heterocycles. The van der Waals surface area contributed by atoms with E-state index in [2.05, 4.69) is 0 Å². The second-order valence-electron chi connectivity index (χ2n) is 6.40. The van der Waals surface area contributed by atoms with Gasteiger partial charge in [-0.15, -0.1) is 0 Å². The number of halogens is 2. The number of rotatable bonds is 6. The molecule has 0 aliphatic carbocycles. The predicted molar refractivity (Wildman–Crippen MR) is 109 cm³/mol. The zero-order chi connectivity index (χ0) is 23.5. The monoisotopic (exact) mass is 449 g/mol. The highest BCUT2D eigenvalue weighted by atomic mass is 35.5. The number of hydrogen-bond acceptors (Lipinski definition) is 7. The number of hydrogen-bond donors (Lipinski definition) is 2. The third-order valence-corrected chi connectivity index (χ3v) is 4.85. The van der Waals surface area contributed by atoms with Gasteiger partial charge in [-0.2, -0.15) is 5.26 Å². The van der Waals surface area contributed by atoms with Crippen molar-refractivity contribution >= 4 is 29.0 Å². The summed E-state index contributed by atoms with van der Waals surface area (Å²) in [6.07, 6.45) is 0. The summed E-state index contributed by atoms with van der Waals surface area (Å²) in [6.45, 7) is 1.49. The van der Waals surface area contributed by atoms with Crippen molar-refractivity contribution in [3.63, 3.8) is 0 Å². The van der Waals surface area contributed by atoms with Gasteiger partial charge in [0.05, 0.1) is 18.1 Å². The molecule has 2 N–H and O–H groups in total. The second kappa shape index (κ2) is 9.32. The fraction of sp³-hybridized carbons (Fsp3) is 0.200. The summed E-state index contributed by atoms with van der Waals surface area (Å²) in [5.74, 6) is -3.59. The van der Waals surface area contributed by atoms with Crippen molar-refractivity contribution in [2.45, 2.75) is 13.0 Å². The standard InChI is InChI=1S/C20H17ClFN3O6/c1-10(13-8-12(21)4-5-15(13)22)24(2)20(28)14(9-23)18(26)11-6-16(25(29)30)19(27)17(7-11)31-3/h4-8,10,26-27H,1-3H3/b18-14-/t10-/m0/s1. The van der Waals surface area contributed by atoms with Gasteiger partial charge in [0.1, 0.15) is 17.6 Å². The number of ether oxygens (including phenoxy) is 1. The molecule has 1 atom stereocenters. The van der Waals surface area contributed by atoms with Gasteiger partial charge in [-0.1, -0.05) is 11.6 Å². The average Bonchev–Trinajstić information content (AvgIpc) is 2.74. The maximum atomic E-state index is 14.2. The van der Waals surface area contributed by atoms with Crippen LogP contribution in [0.5, 0.6) is 11.5 Å². The van der Waals surface area contributed by atoms with Crippen molar-refractivity contribution in [1.29, 1.82) is 5.26 Å². The molecule has 0 saturated carbocycles. The van der Waals surface area contributed by atoms with Gasteiger partial charge in [0.2, 0.25) is 5.75 Å². The van der Waals surface area contributed by atoms with Gasteiger partial charge in [-0.25, -0.2) is 4.39 Å². The predicted octanol–water partition coefficient (Wildman–Crippen LogP) is 4.11. The first-order valence-electron chi connectivity index (χ1n) is 8.64. The van der Waals surface area contributed by atoms with E-state index < -0.39 is 45.5 Å². The van der Waals surface area contributed by atoms with Gasteiger partial charge in [0.25, 0.3) is 5.91 Å². The van der Waals surface area contributed by atoms with Crippen molar-refractivity contribution in [2.75, 3.05) is 14.2 Å². The number of aliphatic hydroxyl groups excluding tert-OH is 1. The average molecular weight is 450 g/mol. The van der Waals surface area contributed by atoms with E-state index in [1.165, 1.54) is 26.1 Å².